The first-order valence-corrected chi connectivity index (χ1v) is 9.23. The molecule has 0 saturated carbocycles. The van der Waals surface area contributed by atoms with Gasteiger partial charge in [0.2, 0.25) is 0 Å². The molecule has 1 aliphatic heterocycles. The van der Waals surface area contributed by atoms with Crippen LogP contribution in [0.5, 0.6) is 0 Å². The van der Waals surface area contributed by atoms with E-state index in [0.717, 1.165) is 12.1 Å². The van der Waals surface area contributed by atoms with E-state index in [4.69, 9.17) is 4.42 Å². The van der Waals surface area contributed by atoms with Crippen LogP contribution in [0, 0.1) is 6.92 Å². The predicted octanol–water partition coefficient (Wildman–Crippen LogP) is 3.72. The van der Waals surface area contributed by atoms with E-state index < -0.39 is 17.6 Å². The molecule has 0 radical (unpaired) electrons. The molecule has 0 bridgehead atoms. The lowest BCUT2D eigenvalue weighted by molar-refractivity contribution is -0.137. The number of nitrogens with zero attached hydrogens (tertiary/aromatic N) is 3. The molecule has 2 amide bonds. The average molecular weight is 409 g/mol. The number of hydrogen-bond donors (Lipinski definition) is 0. The molecule has 2 aromatic rings. The fraction of sp³-hybridized carbons (Fsp3) is 0.450. The number of aryl methyl sites for hydroxylation is 1. The van der Waals surface area contributed by atoms with Gasteiger partial charge < -0.3 is 14.2 Å². The standard InChI is InChI=1S/C20H22F3N3O3/c1-12-16(19(28)25(2)3)24-17(29-12)13-7-9-26(10-8-13)18(27)14-5-4-6-15(11-14)20(21,22)23/h4-6,11,13H,7-10H2,1-3H3. The van der Waals surface area contributed by atoms with Gasteiger partial charge in [-0.1, -0.05) is 6.07 Å². The van der Waals surface area contributed by atoms with Crippen molar-refractivity contribution in [1.82, 2.24) is 14.8 Å². The van der Waals surface area contributed by atoms with Gasteiger partial charge >= 0.3 is 6.18 Å². The zero-order valence-corrected chi connectivity index (χ0v) is 16.4. The van der Waals surface area contributed by atoms with E-state index in [1.807, 2.05) is 0 Å². The van der Waals surface area contributed by atoms with Gasteiger partial charge in [0.05, 0.1) is 5.56 Å². The lowest BCUT2D eigenvalue weighted by atomic mass is 9.96. The maximum absolute atomic E-state index is 12.9. The van der Waals surface area contributed by atoms with E-state index in [1.54, 1.807) is 21.0 Å². The van der Waals surface area contributed by atoms with Crippen LogP contribution < -0.4 is 0 Å². The van der Waals surface area contributed by atoms with Crippen molar-refractivity contribution in [2.45, 2.75) is 31.9 Å². The highest BCUT2D eigenvalue weighted by molar-refractivity contribution is 5.94. The first kappa shape index (κ1) is 20.9. The Hall–Kier alpha value is -2.84. The Bertz CT molecular complexity index is 913. The van der Waals surface area contributed by atoms with Crippen LogP contribution in [0.4, 0.5) is 13.2 Å². The van der Waals surface area contributed by atoms with E-state index in [9.17, 15) is 22.8 Å². The molecule has 2 heterocycles. The van der Waals surface area contributed by atoms with Crippen LogP contribution in [0.15, 0.2) is 28.7 Å². The second-order valence-electron chi connectivity index (χ2n) is 7.30. The molecule has 0 unspecified atom stereocenters. The summed E-state index contributed by atoms with van der Waals surface area (Å²) >= 11 is 0. The summed E-state index contributed by atoms with van der Waals surface area (Å²) in [6, 6.07) is 4.45. The molecule has 29 heavy (non-hydrogen) atoms. The maximum atomic E-state index is 12.9. The summed E-state index contributed by atoms with van der Waals surface area (Å²) in [7, 11) is 3.27. The van der Waals surface area contributed by atoms with Crippen LogP contribution in [0.25, 0.3) is 0 Å². The van der Waals surface area contributed by atoms with Gasteiger partial charge in [-0.15, -0.1) is 0 Å². The number of oxazole rings is 1. The molecule has 1 saturated heterocycles. The second kappa shape index (κ2) is 7.88. The van der Waals surface area contributed by atoms with E-state index in [2.05, 4.69) is 4.98 Å². The second-order valence-corrected chi connectivity index (χ2v) is 7.30. The lowest BCUT2D eigenvalue weighted by Gasteiger charge is -2.30. The van der Waals surface area contributed by atoms with Crippen molar-refractivity contribution in [1.29, 1.82) is 0 Å². The van der Waals surface area contributed by atoms with Gasteiger partial charge in [0, 0.05) is 38.7 Å². The van der Waals surface area contributed by atoms with Gasteiger partial charge in [-0.3, -0.25) is 9.59 Å². The van der Waals surface area contributed by atoms with E-state index in [-0.39, 0.29) is 23.1 Å². The minimum absolute atomic E-state index is 0.0177. The minimum Gasteiger partial charge on any atom is -0.445 e. The summed E-state index contributed by atoms with van der Waals surface area (Å²) in [6.07, 6.45) is -3.38. The number of carbonyl (C=O) groups excluding carboxylic acids is 2. The monoisotopic (exact) mass is 409 g/mol. The minimum atomic E-state index is -4.49. The smallest absolute Gasteiger partial charge is 0.416 e. The number of hydrogen-bond acceptors (Lipinski definition) is 4. The van der Waals surface area contributed by atoms with Crippen molar-refractivity contribution in [2.24, 2.45) is 0 Å². The fourth-order valence-corrected chi connectivity index (χ4v) is 3.34. The van der Waals surface area contributed by atoms with E-state index in [1.165, 1.54) is 21.9 Å². The SMILES string of the molecule is Cc1oc(C2CCN(C(=O)c3cccc(C(F)(F)F)c3)CC2)nc1C(=O)N(C)C. The van der Waals surface area contributed by atoms with Crippen LogP contribution in [-0.4, -0.2) is 53.8 Å². The average Bonchev–Trinajstić information content (AvgIpc) is 3.08. The summed E-state index contributed by atoms with van der Waals surface area (Å²) in [5.74, 6) is 0.180. The van der Waals surface area contributed by atoms with Crippen LogP contribution >= 0.6 is 0 Å². The summed E-state index contributed by atoms with van der Waals surface area (Å²) < 4.78 is 44.3. The molecular formula is C20H22F3N3O3. The van der Waals surface area contributed by atoms with Gasteiger partial charge in [-0.25, -0.2) is 4.98 Å². The van der Waals surface area contributed by atoms with Gasteiger partial charge in [0.15, 0.2) is 11.6 Å². The normalized spacial score (nSPS) is 15.4. The Balaban J connectivity index is 1.67. The summed E-state index contributed by atoms with van der Waals surface area (Å²) in [6.45, 7) is 2.43. The molecule has 0 atom stereocenters. The van der Waals surface area contributed by atoms with Crippen molar-refractivity contribution in [2.75, 3.05) is 27.2 Å². The number of alkyl halides is 3. The third-order valence-corrected chi connectivity index (χ3v) is 4.99. The summed E-state index contributed by atoms with van der Waals surface area (Å²) in [5, 5.41) is 0. The van der Waals surface area contributed by atoms with Gasteiger partial charge in [-0.05, 0) is 38.0 Å². The van der Waals surface area contributed by atoms with Crippen molar-refractivity contribution < 1.29 is 27.2 Å². The topological polar surface area (TPSA) is 66.7 Å². The molecule has 0 N–H and O–H groups in total. The Morgan fingerprint density at radius 3 is 2.45 bits per heavy atom. The Morgan fingerprint density at radius 1 is 1.21 bits per heavy atom. The number of likely N-dealkylation sites (tertiary alicyclic amines) is 1. The largest absolute Gasteiger partial charge is 0.445 e. The van der Waals surface area contributed by atoms with Gasteiger partial charge in [0.25, 0.3) is 11.8 Å². The van der Waals surface area contributed by atoms with Crippen LogP contribution in [0.1, 0.15) is 56.8 Å². The zero-order valence-electron chi connectivity index (χ0n) is 16.4. The highest BCUT2D eigenvalue weighted by Crippen LogP contribution is 2.32. The molecule has 0 spiro atoms. The lowest BCUT2D eigenvalue weighted by Crippen LogP contribution is -2.38. The number of aromatic nitrogens is 1. The van der Waals surface area contributed by atoms with Crippen molar-refractivity contribution in [3.8, 4) is 0 Å². The highest BCUT2D eigenvalue weighted by Gasteiger charge is 2.33. The van der Waals surface area contributed by atoms with E-state index in [0.29, 0.717) is 37.6 Å². The fourth-order valence-electron chi connectivity index (χ4n) is 3.34. The van der Waals surface area contributed by atoms with Crippen LogP contribution in [-0.2, 0) is 6.18 Å². The molecule has 9 heteroatoms. The third-order valence-electron chi connectivity index (χ3n) is 4.99. The number of rotatable bonds is 3. The molecule has 6 nitrogen and oxygen atoms in total. The van der Waals surface area contributed by atoms with E-state index >= 15 is 0 Å². The maximum Gasteiger partial charge on any atom is 0.416 e. The third kappa shape index (κ3) is 4.44. The molecule has 1 aromatic carbocycles. The molecule has 1 aromatic heterocycles. The first-order valence-electron chi connectivity index (χ1n) is 9.23. The quantitative estimate of drug-likeness (QED) is 0.775. The number of amides is 2. The molecule has 156 valence electrons. The molecule has 1 fully saturated rings. The van der Waals surface area contributed by atoms with Crippen LogP contribution in [0.3, 0.4) is 0 Å². The van der Waals surface area contributed by atoms with Crippen LogP contribution in [0.2, 0.25) is 0 Å². The molecule has 3 rings (SSSR count). The first-order chi connectivity index (χ1) is 13.6. The van der Waals surface area contributed by atoms with Crippen molar-refractivity contribution >= 4 is 11.8 Å². The predicted molar refractivity (Wildman–Crippen MR) is 98.6 cm³/mol. The van der Waals surface area contributed by atoms with Crippen molar-refractivity contribution in [3.05, 3.63) is 52.7 Å². The summed E-state index contributed by atoms with van der Waals surface area (Å²) in [5.41, 5.74) is -0.553. The van der Waals surface area contributed by atoms with Gasteiger partial charge in [0.1, 0.15) is 5.76 Å². The highest BCUT2D eigenvalue weighted by atomic mass is 19.4. The number of piperidine rings is 1. The summed E-state index contributed by atoms with van der Waals surface area (Å²) in [4.78, 5) is 32.0. The number of benzene rings is 1. The van der Waals surface area contributed by atoms with Gasteiger partial charge in [-0.2, -0.15) is 13.2 Å². The Morgan fingerprint density at radius 2 is 1.86 bits per heavy atom. The zero-order chi connectivity index (χ0) is 21.3. The van der Waals surface area contributed by atoms with Crippen molar-refractivity contribution in [3.63, 3.8) is 0 Å². The Labute approximate surface area is 166 Å². The number of halogens is 3. The Kier molecular flexibility index (Phi) is 5.68. The molecule has 0 aliphatic carbocycles. The number of carbonyl (C=O) groups is 2. The molecular weight excluding hydrogens is 387 g/mol. The molecule has 1 aliphatic rings.